The summed E-state index contributed by atoms with van der Waals surface area (Å²) >= 11 is 12.7. The van der Waals surface area contributed by atoms with Gasteiger partial charge in [0.25, 0.3) is 11.5 Å². The van der Waals surface area contributed by atoms with Crippen molar-refractivity contribution in [2.45, 2.75) is 46.3 Å². The Kier molecular flexibility index (Phi) is 6.84. The van der Waals surface area contributed by atoms with Crippen LogP contribution in [-0.2, 0) is 6.54 Å². The standard InChI is InChI=1S/C29H28Cl2N4O3/c1-6-33-15-20(14-23(31)28(33)36)35-25(22-12-9-19(30)13-17(22)4)26-24(29(35)37)32-27(34(26)16(2)3)18-7-10-21(38-5)11-8-18/h7-16,25H,6H2,1-5H3. The van der Waals surface area contributed by atoms with E-state index in [1.807, 2.05) is 56.3 Å². The molecule has 1 atom stereocenters. The zero-order valence-corrected chi connectivity index (χ0v) is 23.3. The van der Waals surface area contributed by atoms with Gasteiger partial charge in [-0.25, -0.2) is 4.98 Å². The molecular formula is C29H28Cl2N4O3. The Morgan fingerprint density at radius 1 is 1.05 bits per heavy atom. The maximum atomic E-state index is 14.1. The fourth-order valence-corrected chi connectivity index (χ4v) is 5.58. The molecule has 5 rings (SSSR count). The van der Waals surface area contributed by atoms with E-state index in [9.17, 15) is 9.59 Å². The zero-order chi connectivity index (χ0) is 27.3. The number of fused-ring (bicyclic) bond motifs is 1. The Bertz CT molecular complexity index is 1610. The Balaban J connectivity index is 1.79. The van der Waals surface area contributed by atoms with Gasteiger partial charge in [0.05, 0.1) is 18.5 Å². The zero-order valence-electron chi connectivity index (χ0n) is 21.8. The third-order valence-electron chi connectivity index (χ3n) is 6.92. The molecule has 1 aliphatic heterocycles. The molecule has 0 fully saturated rings. The lowest BCUT2D eigenvalue weighted by atomic mass is 9.98. The van der Waals surface area contributed by atoms with Gasteiger partial charge in [-0.2, -0.15) is 0 Å². The van der Waals surface area contributed by atoms with E-state index in [4.69, 9.17) is 32.9 Å². The first-order chi connectivity index (χ1) is 18.2. The predicted octanol–water partition coefficient (Wildman–Crippen LogP) is 6.69. The molecule has 1 aliphatic rings. The van der Waals surface area contributed by atoms with Crippen molar-refractivity contribution in [3.8, 4) is 17.1 Å². The summed E-state index contributed by atoms with van der Waals surface area (Å²) in [6.45, 7) is 8.40. The molecule has 38 heavy (non-hydrogen) atoms. The molecule has 2 aromatic carbocycles. The van der Waals surface area contributed by atoms with E-state index in [1.165, 1.54) is 4.57 Å². The number of pyridine rings is 1. The highest BCUT2D eigenvalue weighted by Crippen LogP contribution is 2.45. The van der Waals surface area contributed by atoms with Crippen LogP contribution in [0.2, 0.25) is 10.0 Å². The van der Waals surface area contributed by atoms with Crippen LogP contribution in [0.5, 0.6) is 5.75 Å². The molecule has 0 saturated heterocycles. The molecule has 2 aromatic heterocycles. The van der Waals surface area contributed by atoms with E-state index in [1.54, 1.807) is 24.3 Å². The van der Waals surface area contributed by atoms with Crippen molar-refractivity contribution < 1.29 is 9.53 Å². The number of carbonyl (C=O) groups excluding carboxylic acids is 1. The fourth-order valence-electron chi connectivity index (χ4n) is 5.13. The summed E-state index contributed by atoms with van der Waals surface area (Å²) in [5, 5.41) is 0.667. The summed E-state index contributed by atoms with van der Waals surface area (Å²) in [5.41, 5.74) is 4.11. The number of hydrogen-bond donors (Lipinski definition) is 0. The van der Waals surface area contributed by atoms with Crippen molar-refractivity contribution in [1.82, 2.24) is 14.1 Å². The molecule has 0 bridgehead atoms. The van der Waals surface area contributed by atoms with E-state index in [0.717, 1.165) is 28.1 Å². The number of carbonyl (C=O) groups is 1. The number of rotatable bonds is 6. The van der Waals surface area contributed by atoms with Crippen LogP contribution in [0.25, 0.3) is 11.4 Å². The van der Waals surface area contributed by atoms with Gasteiger partial charge in [-0.15, -0.1) is 0 Å². The largest absolute Gasteiger partial charge is 0.497 e. The first-order valence-electron chi connectivity index (χ1n) is 12.4. The summed E-state index contributed by atoms with van der Waals surface area (Å²) in [6.07, 6.45) is 1.68. The maximum absolute atomic E-state index is 14.1. The Morgan fingerprint density at radius 2 is 1.76 bits per heavy atom. The lowest BCUT2D eigenvalue weighted by Gasteiger charge is -2.30. The van der Waals surface area contributed by atoms with Crippen LogP contribution in [0.1, 0.15) is 60.2 Å². The van der Waals surface area contributed by atoms with E-state index in [0.29, 0.717) is 28.8 Å². The van der Waals surface area contributed by atoms with Crippen LogP contribution in [-0.4, -0.2) is 27.1 Å². The highest BCUT2D eigenvalue weighted by atomic mass is 35.5. The highest BCUT2D eigenvalue weighted by Gasteiger charge is 2.45. The molecule has 3 heterocycles. The van der Waals surface area contributed by atoms with Crippen molar-refractivity contribution in [2.75, 3.05) is 12.0 Å². The molecule has 7 nitrogen and oxygen atoms in total. The Morgan fingerprint density at radius 3 is 2.37 bits per heavy atom. The number of aromatic nitrogens is 3. The molecule has 4 aromatic rings. The number of anilines is 1. The quantitative estimate of drug-likeness (QED) is 0.268. The summed E-state index contributed by atoms with van der Waals surface area (Å²) in [6, 6.07) is 14.4. The molecule has 1 unspecified atom stereocenters. The Hall–Kier alpha value is -3.55. The van der Waals surface area contributed by atoms with Gasteiger partial charge >= 0.3 is 0 Å². The number of nitrogens with zero attached hydrogens (tertiary/aromatic N) is 4. The summed E-state index contributed by atoms with van der Waals surface area (Å²) < 4.78 is 8.95. The molecular weight excluding hydrogens is 523 g/mol. The van der Waals surface area contributed by atoms with Crippen LogP contribution < -0.4 is 15.2 Å². The lowest BCUT2D eigenvalue weighted by molar-refractivity contribution is 0.0989. The molecule has 0 spiro atoms. The van der Waals surface area contributed by atoms with Gasteiger partial charge in [-0.05, 0) is 81.3 Å². The second-order valence-corrected chi connectivity index (χ2v) is 10.4. The SMILES string of the molecule is CCn1cc(N2C(=O)c3nc(-c4ccc(OC)cc4)n(C(C)C)c3C2c2ccc(Cl)cc2C)cc(Cl)c1=O. The second-order valence-electron chi connectivity index (χ2n) is 9.58. The average Bonchev–Trinajstić information content (AvgIpc) is 3.41. The van der Waals surface area contributed by atoms with Crippen LogP contribution in [0.4, 0.5) is 5.69 Å². The number of amides is 1. The molecule has 0 aliphatic carbocycles. The smallest absolute Gasteiger partial charge is 0.279 e. The first-order valence-corrected chi connectivity index (χ1v) is 13.2. The van der Waals surface area contributed by atoms with E-state index in [2.05, 4.69) is 18.4 Å². The van der Waals surface area contributed by atoms with Gasteiger partial charge in [0, 0.05) is 29.4 Å². The third kappa shape index (κ3) is 4.20. The normalized spacial score (nSPS) is 14.9. The molecule has 0 saturated carbocycles. The monoisotopic (exact) mass is 550 g/mol. The number of benzene rings is 2. The second kappa shape index (κ2) is 9.97. The number of aryl methyl sites for hydroxylation is 2. The van der Waals surface area contributed by atoms with Crippen LogP contribution in [0.3, 0.4) is 0 Å². The van der Waals surface area contributed by atoms with Crippen LogP contribution in [0.15, 0.2) is 59.5 Å². The van der Waals surface area contributed by atoms with E-state index in [-0.39, 0.29) is 22.5 Å². The van der Waals surface area contributed by atoms with Crippen molar-refractivity contribution in [2.24, 2.45) is 0 Å². The molecule has 196 valence electrons. The number of methoxy groups -OCH3 is 1. The summed E-state index contributed by atoms with van der Waals surface area (Å²) in [5.74, 6) is 1.18. The van der Waals surface area contributed by atoms with Gasteiger partial charge in [0.15, 0.2) is 5.69 Å². The fraction of sp³-hybridized carbons (Fsp3) is 0.276. The topological polar surface area (TPSA) is 69.4 Å². The van der Waals surface area contributed by atoms with Crippen LogP contribution >= 0.6 is 23.2 Å². The van der Waals surface area contributed by atoms with Crippen molar-refractivity contribution in [3.05, 3.63) is 97.6 Å². The minimum atomic E-state index is -0.504. The Labute approximate surface area is 231 Å². The molecule has 9 heteroatoms. The van der Waals surface area contributed by atoms with Gasteiger partial charge < -0.3 is 13.9 Å². The molecule has 0 radical (unpaired) electrons. The third-order valence-corrected chi connectivity index (χ3v) is 7.43. The minimum Gasteiger partial charge on any atom is -0.497 e. The van der Waals surface area contributed by atoms with Crippen LogP contribution in [0, 0.1) is 6.92 Å². The summed E-state index contributed by atoms with van der Waals surface area (Å²) in [7, 11) is 1.62. The predicted molar refractivity (Wildman–Crippen MR) is 151 cm³/mol. The average molecular weight is 551 g/mol. The highest BCUT2D eigenvalue weighted by molar-refractivity contribution is 6.31. The van der Waals surface area contributed by atoms with Gasteiger partial charge in [0.2, 0.25) is 0 Å². The van der Waals surface area contributed by atoms with E-state index >= 15 is 0 Å². The minimum absolute atomic E-state index is 0.000563. The number of hydrogen-bond acceptors (Lipinski definition) is 4. The maximum Gasteiger partial charge on any atom is 0.279 e. The number of halogens is 2. The van der Waals surface area contributed by atoms with Gasteiger partial charge in [-0.3, -0.25) is 14.5 Å². The van der Waals surface area contributed by atoms with Gasteiger partial charge in [0.1, 0.15) is 22.6 Å². The van der Waals surface area contributed by atoms with Gasteiger partial charge in [-0.1, -0.05) is 29.3 Å². The first kappa shape index (κ1) is 26.1. The lowest BCUT2D eigenvalue weighted by Crippen LogP contribution is -2.32. The molecule has 1 amide bonds. The van der Waals surface area contributed by atoms with Crippen molar-refractivity contribution >= 4 is 34.8 Å². The summed E-state index contributed by atoms with van der Waals surface area (Å²) in [4.78, 5) is 33.3. The van der Waals surface area contributed by atoms with E-state index < -0.39 is 6.04 Å². The number of imidazole rings is 1. The number of ether oxygens (including phenoxy) is 1. The molecule has 0 N–H and O–H groups in total. The van der Waals surface area contributed by atoms with Crippen molar-refractivity contribution in [3.63, 3.8) is 0 Å². The van der Waals surface area contributed by atoms with Crippen molar-refractivity contribution in [1.29, 1.82) is 0 Å².